The van der Waals surface area contributed by atoms with Gasteiger partial charge in [0, 0.05) is 36.6 Å². The zero-order valence-corrected chi connectivity index (χ0v) is 9.84. The van der Waals surface area contributed by atoms with Crippen LogP contribution in [-0.4, -0.2) is 15.3 Å². The van der Waals surface area contributed by atoms with E-state index in [9.17, 15) is 9.18 Å². The average Bonchev–Trinajstić information content (AvgIpc) is 3.09. The first-order valence-electron chi connectivity index (χ1n) is 6.02. The number of carbonyl (C=O) groups excluding carboxylic acids is 1. The van der Waals surface area contributed by atoms with E-state index in [1.54, 1.807) is 6.20 Å². The summed E-state index contributed by atoms with van der Waals surface area (Å²) in [6.45, 7) is 0.530. The maximum atomic E-state index is 13.0. The van der Waals surface area contributed by atoms with Crippen molar-refractivity contribution in [3.8, 4) is 0 Å². The van der Waals surface area contributed by atoms with Gasteiger partial charge in [0.05, 0.1) is 6.20 Å². The second kappa shape index (κ2) is 4.37. The zero-order chi connectivity index (χ0) is 12.5. The van der Waals surface area contributed by atoms with E-state index < -0.39 is 0 Å². The zero-order valence-electron chi connectivity index (χ0n) is 9.84. The van der Waals surface area contributed by atoms with Gasteiger partial charge in [0.1, 0.15) is 5.82 Å². The van der Waals surface area contributed by atoms with Crippen LogP contribution < -0.4 is 0 Å². The van der Waals surface area contributed by atoms with Crippen molar-refractivity contribution in [1.82, 2.24) is 9.55 Å². The number of aromatic nitrogens is 2. The molecule has 0 radical (unpaired) electrons. The molecule has 0 aromatic carbocycles. The van der Waals surface area contributed by atoms with Crippen molar-refractivity contribution in [3.63, 3.8) is 0 Å². The van der Waals surface area contributed by atoms with E-state index in [2.05, 4.69) is 4.98 Å². The van der Waals surface area contributed by atoms with Gasteiger partial charge < -0.3 is 4.57 Å². The minimum Gasteiger partial charge on any atom is -0.349 e. The number of nitrogens with zero attached hydrogens (tertiary/aromatic N) is 2. The topological polar surface area (TPSA) is 34.9 Å². The fourth-order valence-electron chi connectivity index (χ4n) is 2.02. The molecule has 3 rings (SSSR count). The highest BCUT2D eigenvalue weighted by molar-refractivity contribution is 5.99. The Bertz CT molecular complexity index is 587. The maximum Gasteiger partial charge on any atom is 0.167 e. The summed E-state index contributed by atoms with van der Waals surface area (Å²) in [5.74, 6) is 0.122. The van der Waals surface area contributed by atoms with Gasteiger partial charge in [-0.15, -0.1) is 0 Å². The molecule has 0 bridgehead atoms. The van der Waals surface area contributed by atoms with Gasteiger partial charge in [-0.05, 0) is 30.5 Å². The summed E-state index contributed by atoms with van der Waals surface area (Å²) in [4.78, 5) is 15.6. The number of Topliss-reactive ketones (excluding diaryl/α,β-unsaturated/α-hetero) is 1. The van der Waals surface area contributed by atoms with Crippen LogP contribution in [0.15, 0.2) is 36.9 Å². The highest BCUT2D eigenvalue weighted by atomic mass is 19.1. The number of halogens is 1. The Morgan fingerprint density at radius 2 is 2.28 bits per heavy atom. The lowest BCUT2D eigenvalue weighted by molar-refractivity contribution is 0.0967. The number of rotatable bonds is 4. The molecule has 0 N–H and O–H groups in total. The molecule has 2 aromatic heterocycles. The molecule has 0 aliphatic heterocycles. The molecule has 3 nitrogen and oxygen atoms in total. The van der Waals surface area contributed by atoms with Crippen LogP contribution in [0.3, 0.4) is 0 Å². The fraction of sp³-hybridized carbons (Fsp3) is 0.286. The van der Waals surface area contributed by atoms with Crippen molar-refractivity contribution in [2.45, 2.75) is 19.4 Å². The van der Waals surface area contributed by atoms with Crippen LogP contribution in [0, 0.1) is 11.7 Å². The Kier molecular flexibility index (Phi) is 2.70. The maximum absolute atomic E-state index is 13.0. The first-order chi connectivity index (χ1) is 8.72. The molecule has 2 heterocycles. The SMILES string of the molecule is O=C(c1ccn(Cc2cncc(F)c2)c1)C1CC1. The number of hydrogen-bond donors (Lipinski definition) is 0. The minimum atomic E-state index is -0.339. The molecule has 18 heavy (non-hydrogen) atoms. The van der Waals surface area contributed by atoms with Gasteiger partial charge in [0.2, 0.25) is 0 Å². The van der Waals surface area contributed by atoms with Gasteiger partial charge in [-0.1, -0.05) is 0 Å². The van der Waals surface area contributed by atoms with Gasteiger partial charge in [-0.3, -0.25) is 9.78 Å². The van der Waals surface area contributed by atoms with Crippen molar-refractivity contribution in [2.75, 3.05) is 0 Å². The Hall–Kier alpha value is -1.97. The van der Waals surface area contributed by atoms with E-state index in [0.717, 1.165) is 24.0 Å². The Morgan fingerprint density at radius 3 is 3.00 bits per heavy atom. The lowest BCUT2D eigenvalue weighted by Crippen LogP contribution is -2.01. The Morgan fingerprint density at radius 1 is 1.44 bits per heavy atom. The molecule has 92 valence electrons. The van der Waals surface area contributed by atoms with Crippen LogP contribution in [0.5, 0.6) is 0 Å². The largest absolute Gasteiger partial charge is 0.349 e. The number of pyridine rings is 1. The lowest BCUT2D eigenvalue weighted by atomic mass is 10.1. The van der Waals surface area contributed by atoms with E-state index in [1.165, 1.54) is 12.3 Å². The monoisotopic (exact) mass is 244 g/mol. The van der Waals surface area contributed by atoms with Gasteiger partial charge >= 0.3 is 0 Å². The predicted octanol–water partition coefficient (Wildman–Crippen LogP) is 2.66. The van der Waals surface area contributed by atoms with Crippen molar-refractivity contribution >= 4 is 5.78 Å². The summed E-state index contributed by atoms with van der Waals surface area (Å²) in [5, 5.41) is 0. The molecule has 1 aliphatic rings. The van der Waals surface area contributed by atoms with Crippen LogP contribution in [-0.2, 0) is 6.54 Å². The highest BCUT2D eigenvalue weighted by Gasteiger charge is 2.30. The number of hydrogen-bond acceptors (Lipinski definition) is 2. The van der Waals surface area contributed by atoms with Crippen LogP contribution in [0.4, 0.5) is 4.39 Å². The van der Waals surface area contributed by atoms with Crippen molar-refractivity contribution < 1.29 is 9.18 Å². The van der Waals surface area contributed by atoms with E-state index in [0.29, 0.717) is 6.54 Å². The smallest absolute Gasteiger partial charge is 0.167 e. The van der Waals surface area contributed by atoms with Gasteiger partial charge in [-0.2, -0.15) is 0 Å². The predicted molar refractivity (Wildman–Crippen MR) is 64.8 cm³/mol. The highest BCUT2D eigenvalue weighted by Crippen LogP contribution is 2.32. The van der Waals surface area contributed by atoms with Crippen molar-refractivity contribution in [2.24, 2.45) is 5.92 Å². The molecule has 1 saturated carbocycles. The molecule has 0 atom stereocenters. The minimum absolute atomic E-state index is 0.228. The van der Waals surface area contributed by atoms with Crippen molar-refractivity contribution in [3.05, 3.63) is 53.9 Å². The first kappa shape index (κ1) is 11.1. The molecular weight excluding hydrogens is 231 g/mol. The molecular formula is C14H13FN2O. The lowest BCUT2D eigenvalue weighted by Gasteiger charge is -2.02. The van der Waals surface area contributed by atoms with E-state index in [1.807, 2.05) is 23.0 Å². The van der Waals surface area contributed by atoms with E-state index in [-0.39, 0.29) is 17.5 Å². The summed E-state index contributed by atoms with van der Waals surface area (Å²) in [6, 6.07) is 3.28. The van der Waals surface area contributed by atoms with Crippen LogP contribution in [0.1, 0.15) is 28.8 Å². The molecule has 1 aliphatic carbocycles. The summed E-state index contributed by atoms with van der Waals surface area (Å²) < 4.78 is 14.9. The molecule has 0 saturated heterocycles. The molecule has 0 spiro atoms. The van der Waals surface area contributed by atoms with Crippen LogP contribution in [0.25, 0.3) is 0 Å². The number of ketones is 1. The third-order valence-electron chi connectivity index (χ3n) is 3.11. The third-order valence-corrected chi connectivity index (χ3v) is 3.11. The van der Waals surface area contributed by atoms with E-state index >= 15 is 0 Å². The van der Waals surface area contributed by atoms with Gasteiger partial charge in [-0.25, -0.2) is 4.39 Å². The summed E-state index contributed by atoms with van der Waals surface area (Å²) in [5.41, 5.74) is 1.54. The average molecular weight is 244 g/mol. The summed E-state index contributed by atoms with van der Waals surface area (Å²) >= 11 is 0. The Balaban J connectivity index is 1.75. The Labute approximate surface area is 104 Å². The molecule has 0 amide bonds. The third kappa shape index (κ3) is 2.32. The summed E-state index contributed by atoms with van der Waals surface area (Å²) in [6.07, 6.45) is 8.51. The number of carbonyl (C=O) groups is 1. The van der Waals surface area contributed by atoms with Crippen LogP contribution >= 0.6 is 0 Å². The first-order valence-corrected chi connectivity index (χ1v) is 6.02. The van der Waals surface area contributed by atoms with Gasteiger partial charge in [0.15, 0.2) is 5.78 Å². The standard InChI is InChI=1S/C14H13FN2O/c15-13-5-10(6-16-7-13)8-17-4-3-12(9-17)14(18)11-1-2-11/h3-7,9,11H,1-2,8H2. The second-order valence-corrected chi connectivity index (χ2v) is 4.72. The quantitative estimate of drug-likeness (QED) is 0.775. The van der Waals surface area contributed by atoms with E-state index in [4.69, 9.17) is 0 Å². The normalized spacial score (nSPS) is 14.7. The van der Waals surface area contributed by atoms with Gasteiger partial charge in [0.25, 0.3) is 0 Å². The fourth-order valence-corrected chi connectivity index (χ4v) is 2.02. The molecule has 1 fully saturated rings. The summed E-state index contributed by atoms with van der Waals surface area (Å²) in [7, 11) is 0. The molecule has 4 heteroatoms. The van der Waals surface area contributed by atoms with Crippen LogP contribution in [0.2, 0.25) is 0 Å². The second-order valence-electron chi connectivity index (χ2n) is 4.72. The van der Waals surface area contributed by atoms with Crippen molar-refractivity contribution in [1.29, 1.82) is 0 Å². The molecule has 0 unspecified atom stereocenters. The molecule has 2 aromatic rings.